The summed E-state index contributed by atoms with van der Waals surface area (Å²) in [6.45, 7) is 2.87. The second-order valence-corrected chi connectivity index (χ2v) is 9.24. The number of anilines is 1. The van der Waals surface area contributed by atoms with Gasteiger partial charge in [0.25, 0.3) is 11.8 Å². The summed E-state index contributed by atoms with van der Waals surface area (Å²) in [4.78, 5) is 28.2. The fraction of sp³-hybridized carbons (Fsp3) is 0.435. The van der Waals surface area contributed by atoms with Crippen molar-refractivity contribution in [1.29, 1.82) is 0 Å². The lowest BCUT2D eigenvalue weighted by molar-refractivity contribution is -0.261. The van der Waals surface area contributed by atoms with Gasteiger partial charge in [-0.15, -0.1) is 0 Å². The monoisotopic (exact) mass is 517 g/mol. The molecule has 1 aliphatic heterocycles. The average Bonchev–Trinajstić information content (AvgIpc) is 3.13. The van der Waals surface area contributed by atoms with Crippen LogP contribution in [0.25, 0.3) is 0 Å². The third-order valence-corrected chi connectivity index (χ3v) is 5.55. The number of ether oxygens (including phenoxy) is 2. The predicted molar refractivity (Wildman–Crippen MR) is 116 cm³/mol. The Labute approximate surface area is 202 Å². The summed E-state index contributed by atoms with van der Waals surface area (Å²) in [7, 11) is 0. The van der Waals surface area contributed by atoms with E-state index in [-0.39, 0.29) is 16.9 Å². The van der Waals surface area contributed by atoms with E-state index in [0.717, 1.165) is 25.3 Å². The molecule has 2 aromatic rings. The van der Waals surface area contributed by atoms with Crippen molar-refractivity contribution in [2.75, 3.05) is 11.9 Å². The Hall–Kier alpha value is -3.32. The Bertz CT molecular complexity index is 1170. The summed E-state index contributed by atoms with van der Waals surface area (Å²) in [6, 6.07) is 4.09. The fourth-order valence-electron chi connectivity index (χ4n) is 3.72. The highest BCUT2D eigenvalue weighted by molar-refractivity contribution is 5.97. The van der Waals surface area contributed by atoms with Crippen LogP contribution in [0.2, 0.25) is 0 Å². The number of nitrogens with one attached hydrogen (secondary N) is 1. The molecule has 1 fully saturated rings. The van der Waals surface area contributed by atoms with Gasteiger partial charge in [0.2, 0.25) is 5.82 Å². The van der Waals surface area contributed by atoms with Gasteiger partial charge in [-0.2, -0.15) is 17.6 Å². The molecule has 2 heterocycles. The van der Waals surface area contributed by atoms with E-state index in [1.165, 1.54) is 19.9 Å². The number of amides is 2. The van der Waals surface area contributed by atoms with Crippen LogP contribution in [0, 0.1) is 11.6 Å². The molecular weight excluding hydrogens is 493 g/mol. The van der Waals surface area contributed by atoms with Crippen LogP contribution < -0.4 is 15.8 Å². The van der Waals surface area contributed by atoms with Crippen LogP contribution in [0.3, 0.4) is 0 Å². The Morgan fingerprint density at radius 2 is 1.94 bits per heavy atom. The Morgan fingerprint density at radius 3 is 2.53 bits per heavy atom. The molecule has 1 saturated heterocycles. The second kappa shape index (κ2) is 9.62. The van der Waals surface area contributed by atoms with Crippen LogP contribution in [-0.4, -0.2) is 52.0 Å². The number of aliphatic hydroxyl groups is 1. The van der Waals surface area contributed by atoms with Crippen LogP contribution in [0.1, 0.15) is 49.2 Å². The number of alkyl halides is 3. The standard InChI is InChI=1S/C23H24F5N3O5/c1-21(2,34)10-35-17-12(4-5-14(24)16(17)25)13-9-22(3,23(26,27)28)36-18(13)20(33)31-11-6-7-30-15(8-11)19(29)32/h4-8,13,18,34H,9-10H2,1-3H3,(H2,29,32)(H,30,31,33)/t13-,18?,22+/m0/s1. The van der Waals surface area contributed by atoms with Gasteiger partial charge in [0.1, 0.15) is 18.4 Å². The molecule has 0 spiro atoms. The number of primary amides is 1. The quantitative estimate of drug-likeness (QED) is 0.484. The SMILES string of the molecule is CC(C)(O)COc1c([C@@H]2C[C@](C)(C(F)(F)F)OC2C(=O)Nc2ccnc(C(N)=O)c2)ccc(F)c1F. The number of hydrogen-bond acceptors (Lipinski definition) is 6. The lowest BCUT2D eigenvalue weighted by Crippen LogP contribution is -2.43. The van der Waals surface area contributed by atoms with E-state index in [0.29, 0.717) is 6.07 Å². The number of rotatable bonds is 7. The first-order valence-corrected chi connectivity index (χ1v) is 10.7. The first-order chi connectivity index (χ1) is 16.5. The summed E-state index contributed by atoms with van der Waals surface area (Å²) in [5.74, 6) is -6.94. The number of benzene rings is 1. The molecule has 3 atom stereocenters. The number of nitrogens with two attached hydrogens (primary N) is 1. The van der Waals surface area contributed by atoms with Gasteiger partial charge < -0.3 is 25.6 Å². The molecule has 2 amide bonds. The van der Waals surface area contributed by atoms with Crippen LogP contribution in [0.15, 0.2) is 30.5 Å². The van der Waals surface area contributed by atoms with E-state index in [2.05, 4.69) is 10.3 Å². The molecule has 4 N–H and O–H groups in total. The molecule has 0 aliphatic carbocycles. The van der Waals surface area contributed by atoms with Gasteiger partial charge in [-0.1, -0.05) is 6.07 Å². The highest BCUT2D eigenvalue weighted by atomic mass is 19.4. The molecule has 8 nitrogen and oxygen atoms in total. The van der Waals surface area contributed by atoms with E-state index in [1.807, 2.05) is 0 Å². The summed E-state index contributed by atoms with van der Waals surface area (Å²) >= 11 is 0. The van der Waals surface area contributed by atoms with Gasteiger partial charge in [-0.3, -0.25) is 14.6 Å². The van der Waals surface area contributed by atoms with E-state index < -0.39 is 71.6 Å². The van der Waals surface area contributed by atoms with Crippen molar-refractivity contribution in [2.45, 2.75) is 56.6 Å². The van der Waals surface area contributed by atoms with Crippen molar-refractivity contribution in [3.05, 3.63) is 53.4 Å². The van der Waals surface area contributed by atoms with Gasteiger partial charge in [-0.25, -0.2) is 4.39 Å². The first kappa shape index (κ1) is 27.3. The second-order valence-electron chi connectivity index (χ2n) is 9.24. The fourth-order valence-corrected chi connectivity index (χ4v) is 3.72. The molecule has 1 aromatic carbocycles. The van der Waals surface area contributed by atoms with Crippen LogP contribution in [0.4, 0.5) is 27.6 Å². The van der Waals surface area contributed by atoms with Gasteiger partial charge in [0.05, 0.1) is 5.60 Å². The van der Waals surface area contributed by atoms with E-state index in [9.17, 15) is 36.6 Å². The number of carbonyl (C=O) groups excluding carboxylic acids is 2. The maximum atomic E-state index is 14.7. The zero-order valence-corrected chi connectivity index (χ0v) is 19.5. The molecule has 3 rings (SSSR count). The summed E-state index contributed by atoms with van der Waals surface area (Å²) in [6.07, 6.45) is -6.40. The molecule has 0 radical (unpaired) electrons. The topological polar surface area (TPSA) is 124 Å². The minimum Gasteiger partial charge on any atom is -0.487 e. The molecule has 1 unspecified atom stereocenters. The largest absolute Gasteiger partial charge is 0.487 e. The van der Waals surface area contributed by atoms with Crippen molar-refractivity contribution in [1.82, 2.24) is 4.98 Å². The van der Waals surface area contributed by atoms with Gasteiger partial charge in [0.15, 0.2) is 17.2 Å². The van der Waals surface area contributed by atoms with Gasteiger partial charge in [-0.05, 0) is 45.4 Å². The van der Waals surface area contributed by atoms with Crippen molar-refractivity contribution in [3.8, 4) is 5.75 Å². The highest BCUT2D eigenvalue weighted by Crippen LogP contribution is 2.51. The molecule has 0 saturated carbocycles. The molecule has 196 valence electrons. The van der Waals surface area contributed by atoms with Crippen molar-refractivity contribution < 1.29 is 46.1 Å². The van der Waals surface area contributed by atoms with Crippen LogP contribution in [-0.2, 0) is 9.53 Å². The maximum absolute atomic E-state index is 14.7. The van der Waals surface area contributed by atoms with E-state index >= 15 is 0 Å². The lowest BCUT2D eigenvalue weighted by atomic mass is 9.85. The van der Waals surface area contributed by atoms with Crippen molar-refractivity contribution in [3.63, 3.8) is 0 Å². The van der Waals surface area contributed by atoms with Crippen molar-refractivity contribution in [2.24, 2.45) is 5.73 Å². The molecule has 36 heavy (non-hydrogen) atoms. The van der Waals surface area contributed by atoms with E-state index in [1.54, 1.807) is 0 Å². The Balaban J connectivity index is 2.04. The van der Waals surface area contributed by atoms with Gasteiger partial charge in [0, 0.05) is 23.4 Å². The molecule has 0 bridgehead atoms. The number of carbonyl (C=O) groups is 2. The molecular formula is C23H24F5N3O5. The van der Waals surface area contributed by atoms with Gasteiger partial charge >= 0.3 is 6.18 Å². The summed E-state index contributed by atoms with van der Waals surface area (Å²) in [5.41, 5.74) is 0.396. The number of pyridine rings is 1. The van der Waals surface area contributed by atoms with E-state index in [4.69, 9.17) is 15.2 Å². The summed E-state index contributed by atoms with van der Waals surface area (Å²) < 4.78 is 80.8. The number of hydrogen-bond donors (Lipinski definition) is 3. The minimum atomic E-state index is -4.91. The lowest BCUT2D eigenvalue weighted by Gasteiger charge is -2.27. The third-order valence-electron chi connectivity index (χ3n) is 5.55. The zero-order valence-electron chi connectivity index (χ0n) is 19.5. The summed E-state index contributed by atoms with van der Waals surface area (Å²) in [5, 5.41) is 12.3. The molecule has 1 aliphatic rings. The Kier molecular flexibility index (Phi) is 7.29. The maximum Gasteiger partial charge on any atom is 0.417 e. The zero-order chi connectivity index (χ0) is 27.1. The average molecular weight is 517 g/mol. The van der Waals surface area contributed by atoms with Crippen LogP contribution >= 0.6 is 0 Å². The highest BCUT2D eigenvalue weighted by Gasteiger charge is 2.61. The normalized spacial score (nSPS) is 22.4. The smallest absolute Gasteiger partial charge is 0.417 e. The number of halogens is 5. The number of aromatic nitrogens is 1. The van der Waals surface area contributed by atoms with Crippen molar-refractivity contribution >= 4 is 17.5 Å². The minimum absolute atomic E-state index is 0.00412. The third kappa shape index (κ3) is 5.73. The molecule has 1 aromatic heterocycles. The van der Waals surface area contributed by atoms with Crippen LogP contribution in [0.5, 0.6) is 5.75 Å². The first-order valence-electron chi connectivity index (χ1n) is 10.7. The molecule has 13 heteroatoms. The number of nitrogens with zero attached hydrogens (tertiary/aromatic N) is 1. The predicted octanol–water partition coefficient (Wildman–Crippen LogP) is 3.44. The Morgan fingerprint density at radius 1 is 1.28 bits per heavy atom.